The van der Waals surface area contributed by atoms with Gasteiger partial charge in [0.1, 0.15) is 5.60 Å². The molecular weight excluding hydrogens is 422 g/mol. The summed E-state index contributed by atoms with van der Waals surface area (Å²) in [6, 6.07) is 7.18. The molecule has 33 heavy (non-hydrogen) atoms. The van der Waals surface area contributed by atoms with Crippen molar-refractivity contribution in [3.8, 4) is 0 Å². The number of esters is 2. The molecule has 1 aromatic carbocycles. The third-order valence-electron chi connectivity index (χ3n) is 6.18. The van der Waals surface area contributed by atoms with Crippen LogP contribution in [0.15, 0.2) is 24.3 Å². The first-order valence-corrected chi connectivity index (χ1v) is 11.8. The molecule has 2 saturated heterocycles. The molecule has 0 atom stereocenters. The number of hydrazine groups is 1. The van der Waals surface area contributed by atoms with E-state index in [0.29, 0.717) is 12.1 Å². The first-order valence-electron chi connectivity index (χ1n) is 11.8. The number of rotatable bonds is 7. The summed E-state index contributed by atoms with van der Waals surface area (Å²) in [5.74, 6) is -0.297. The van der Waals surface area contributed by atoms with Crippen LogP contribution in [-0.4, -0.2) is 91.2 Å². The number of hydrogen-bond acceptors (Lipinski definition) is 8. The van der Waals surface area contributed by atoms with Gasteiger partial charge in [-0.3, -0.25) is 19.3 Å². The van der Waals surface area contributed by atoms with Crippen LogP contribution in [0.2, 0.25) is 0 Å². The van der Waals surface area contributed by atoms with E-state index in [9.17, 15) is 14.4 Å². The van der Waals surface area contributed by atoms with Crippen LogP contribution in [0.1, 0.15) is 49.5 Å². The molecule has 0 spiro atoms. The summed E-state index contributed by atoms with van der Waals surface area (Å²) in [7, 11) is 1.37. The largest absolute Gasteiger partial charge is 0.469 e. The van der Waals surface area contributed by atoms with Gasteiger partial charge in [0.15, 0.2) is 5.78 Å². The van der Waals surface area contributed by atoms with Gasteiger partial charge in [0.2, 0.25) is 0 Å². The van der Waals surface area contributed by atoms with Gasteiger partial charge in [0.25, 0.3) is 0 Å². The van der Waals surface area contributed by atoms with E-state index in [0.717, 1.165) is 57.7 Å². The smallest absolute Gasteiger partial charge is 0.309 e. The minimum absolute atomic E-state index is 0.0154. The summed E-state index contributed by atoms with van der Waals surface area (Å²) in [4.78, 5) is 38.6. The lowest BCUT2D eigenvalue weighted by atomic mass is 9.97. The van der Waals surface area contributed by atoms with Crippen LogP contribution in [0.4, 0.5) is 0 Å². The van der Waals surface area contributed by atoms with Gasteiger partial charge < -0.3 is 9.47 Å². The SMILES string of the molecule is COC(=O)Cc1ccc(C(=O)CN2CCN(N3CCC(C(=O)OC(C)(C)C)CC3)CC2)cc1. The Bertz CT molecular complexity index is 817. The normalized spacial score (nSPS) is 19.3. The van der Waals surface area contributed by atoms with Gasteiger partial charge in [0.05, 0.1) is 26.0 Å². The second kappa shape index (κ2) is 11.2. The predicted octanol–water partition coefficient (Wildman–Crippen LogP) is 2.17. The van der Waals surface area contributed by atoms with Crippen LogP contribution >= 0.6 is 0 Å². The Morgan fingerprint density at radius 3 is 2.03 bits per heavy atom. The molecule has 2 heterocycles. The lowest BCUT2D eigenvalue weighted by Crippen LogP contribution is -2.56. The van der Waals surface area contributed by atoms with Gasteiger partial charge >= 0.3 is 11.9 Å². The Kier molecular flexibility index (Phi) is 8.62. The summed E-state index contributed by atoms with van der Waals surface area (Å²) >= 11 is 0. The van der Waals surface area contributed by atoms with Crippen molar-refractivity contribution in [2.24, 2.45) is 5.92 Å². The Labute approximate surface area is 196 Å². The molecule has 0 N–H and O–H groups in total. The zero-order chi connectivity index (χ0) is 24.0. The van der Waals surface area contributed by atoms with Crippen molar-refractivity contribution in [2.45, 2.75) is 45.6 Å². The summed E-state index contributed by atoms with van der Waals surface area (Å²) in [5, 5.41) is 4.70. The second-order valence-electron chi connectivity index (χ2n) is 9.86. The molecule has 2 aliphatic heterocycles. The van der Waals surface area contributed by atoms with Gasteiger partial charge in [-0.2, -0.15) is 0 Å². The van der Waals surface area contributed by atoms with E-state index in [2.05, 4.69) is 19.7 Å². The standard InChI is InChI=1S/C25H37N3O5/c1-25(2,3)33-24(31)21-9-11-27(12-10-21)28-15-13-26(14-16-28)18-22(29)20-7-5-19(6-8-20)17-23(30)32-4/h5-8,21H,9-18H2,1-4H3. The highest BCUT2D eigenvalue weighted by molar-refractivity contribution is 5.97. The number of carbonyl (C=O) groups excluding carboxylic acids is 3. The fourth-order valence-electron chi connectivity index (χ4n) is 4.29. The van der Waals surface area contributed by atoms with Crippen molar-refractivity contribution >= 4 is 17.7 Å². The van der Waals surface area contributed by atoms with E-state index in [4.69, 9.17) is 4.74 Å². The highest BCUT2D eigenvalue weighted by atomic mass is 16.6. The molecule has 0 radical (unpaired) electrons. The highest BCUT2D eigenvalue weighted by Gasteiger charge is 2.32. The number of benzene rings is 1. The predicted molar refractivity (Wildman–Crippen MR) is 125 cm³/mol. The Morgan fingerprint density at radius 2 is 1.48 bits per heavy atom. The molecule has 1 aromatic rings. The first kappa shape index (κ1) is 25.3. The fourth-order valence-corrected chi connectivity index (χ4v) is 4.29. The van der Waals surface area contributed by atoms with Crippen molar-refractivity contribution in [3.05, 3.63) is 35.4 Å². The maximum atomic E-state index is 12.7. The molecule has 2 aliphatic rings. The molecule has 2 fully saturated rings. The highest BCUT2D eigenvalue weighted by Crippen LogP contribution is 2.23. The maximum absolute atomic E-state index is 12.7. The number of piperidine rings is 1. The molecular formula is C25H37N3O5. The van der Waals surface area contributed by atoms with E-state index in [1.54, 1.807) is 12.1 Å². The van der Waals surface area contributed by atoms with Crippen LogP contribution in [0.3, 0.4) is 0 Å². The molecule has 0 amide bonds. The van der Waals surface area contributed by atoms with E-state index in [1.165, 1.54) is 7.11 Å². The lowest BCUT2D eigenvalue weighted by molar-refractivity contribution is -0.164. The molecule has 3 rings (SSSR count). The maximum Gasteiger partial charge on any atom is 0.309 e. The monoisotopic (exact) mass is 459 g/mol. The third-order valence-corrected chi connectivity index (χ3v) is 6.18. The lowest BCUT2D eigenvalue weighted by Gasteiger charge is -2.43. The summed E-state index contributed by atoms with van der Waals surface area (Å²) in [6.07, 6.45) is 1.85. The molecule has 0 aliphatic carbocycles. The Balaban J connectivity index is 1.40. The zero-order valence-electron chi connectivity index (χ0n) is 20.3. The van der Waals surface area contributed by atoms with Gasteiger partial charge in [-0.05, 0) is 39.2 Å². The van der Waals surface area contributed by atoms with Gasteiger partial charge in [0, 0.05) is 44.8 Å². The molecule has 0 saturated carbocycles. The number of ketones is 1. The van der Waals surface area contributed by atoms with Crippen LogP contribution in [0.25, 0.3) is 0 Å². The van der Waals surface area contributed by atoms with Crippen molar-refractivity contribution in [2.75, 3.05) is 52.9 Å². The molecule has 182 valence electrons. The number of methoxy groups -OCH3 is 1. The second-order valence-corrected chi connectivity index (χ2v) is 9.86. The number of piperazine rings is 1. The average molecular weight is 460 g/mol. The fraction of sp³-hybridized carbons (Fsp3) is 0.640. The van der Waals surface area contributed by atoms with Crippen molar-refractivity contribution in [1.82, 2.24) is 14.9 Å². The van der Waals surface area contributed by atoms with Crippen molar-refractivity contribution < 1.29 is 23.9 Å². The first-order chi connectivity index (χ1) is 15.6. The molecule has 0 aromatic heterocycles. The molecule has 0 unspecified atom stereocenters. The van der Waals surface area contributed by atoms with Gasteiger partial charge in [-0.25, -0.2) is 10.0 Å². The van der Waals surface area contributed by atoms with Crippen LogP contribution < -0.4 is 0 Å². The van der Waals surface area contributed by atoms with E-state index >= 15 is 0 Å². The van der Waals surface area contributed by atoms with E-state index in [-0.39, 0.29) is 30.1 Å². The van der Waals surface area contributed by atoms with Crippen molar-refractivity contribution in [1.29, 1.82) is 0 Å². The summed E-state index contributed by atoms with van der Waals surface area (Å²) < 4.78 is 10.2. The minimum Gasteiger partial charge on any atom is -0.469 e. The zero-order valence-corrected chi connectivity index (χ0v) is 20.3. The topological polar surface area (TPSA) is 79.4 Å². The number of nitrogens with zero attached hydrogens (tertiary/aromatic N) is 3. The summed E-state index contributed by atoms with van der Waals surface area (Å²) in [5.41, 5.74) is 1.06. The number of hydrogen-bond donors (Lipinski definition) is 0. The molecule has 8 heteroatoms. The number of carbonyl (C=O) groups is 3. The quantitative estimate of drug-likeness (QED) is 0.454. The summed E-state index contributed by atoms with van der Waals surface area (Å²) in [6.45, 7) is 11.3. The van der Waals surface area contributed by atoms with Crippen molar-refractivity contribution in [3.63, 3.8) is 0 Å². The van der Waals surface area contributed by atoms with Gasteiger partial charge in [-0.15, -0.1) is 0 Å². The van der Waals surface area contributed by atoms with Crippen LogP contribution in [0, 0.1) is 5.92 Å². The van der Waals surface area contributed by atoms with E-state index in [1.807, 2.05) is 32.9 Å². The van der Waals surface area contributed by atoms with Gasteiger partial charge in [-0.1, -0.05) is 24.3 Å². The van der Waals surface area contributed by atoms with Crippen LogP contribution in [0.5, 0.6) is 0 Å². The van der Waals surface area contributed by atoms with E-state index < -0.39 is 5.60 Å². The Hall–Kier alpha value is -2.29. The number of ether oxygens (including phenoxy) is 2. The van der Waals surface area contributed by atoms with Crippen LogP contribution in [-0.2, 0) is 25.5 Å². The molecule has 8 nitrogen and oxygen atoms in total. The average Bonchev–Trinajstić information content (AvgIpc) is 2.79. The minimum atomic E-state index is -0.437. The number of Topliss-reactive ketones (excluding diaryl/α,β-unsaturated/α-hetero) is 1. The molecule has 0 bridgehead atoms. The Morgan fingerprint density at radius 1 is 0.909 bits per heavy atom. The third kappa shape index (κ3) is 7.62.